The standard InChI is InChI=1S/C15H23NO2/c1-9-7-8-12(11(3)10(9)2)13(16)15(4,5)14(17)18-6/h7-8,13H,16H2,1-6H3. The van der Waals surface area contributed by atoms with E-state index in [9.17, 15) is 4.79 Å². The lowest BCUT2D eigenvalue weighted by Gasteiger charge is -2.30. The Morgan fingerprint density at radius 3 is 2.28 bits per heavy atom. The molecule has 0 amide bonds. The second-order valence-electron chi connectivity index (χ2n) is 5.41. The number of aryl methyl sites for hydroxylation is 1. The van der Waals surface area contributed by atoms with Gasteiger partial charge in [-0.1, -0.05) is 12.1 Å². The topological polar surface area (TPSA) is 52.3 Å². The van der Waals surface area contributed by atoms with Crippen LogP contribution in [-0.2, 0) is 9.53 Å². The summed E-state index contributed by atoms with van der Waals surface area (Å²) in [5.74, 6) is -0.285. The van der Waals surface area contributed by atoms with Crippen molar-refractivity contribution in [1.29, 1.82) is 0 Å². The molecular formula is C15H23NO2. The van der Waals surface area contributed by atoms with Crippen LogP contribution in [0.25, 0.3) is 0 Å². The number of hydrogen-bond acceptors (Lipinski definition) is 3. The Morgan fingerprint density at radius 1 is 1.22 bits per heavy atom. The van der Waals surface area contributed by atoms with Gasteiger partial charge in [0.05, 0.1) is 12.5 Å². The zero-order valence-corrected chi connectivity index (χ0v) is 12.1. The Labute approximate surface area is 109 Å². The van der Waals surface area contributed by atoms with Crippen LogP contribution in [0.3, 0.4) is 0 Å². The van der Waals surface area contributed by atoms with E-state index in [2.05, 4.69) is 13.8 Å². The van der Waals surface area contributed by atoms with Crippen molar-refractivity contribution in [2.45, 2.75) is 40.7 Å². The number of carbonyl (C=O) groups is 1. The van der Waals surface area contributed by atoms with Gasteiger partial charge in [-0.15, -0.1) is 0 Å². The molecule has 0 aliphatic carbocycles. The van der Waals surface area contributed by atoms with Crippen LogP contribution in [0, 0.1) is 26.2 Å². The molecule has 0 spiro atoms. The molecule has 0 radical (unpaired) electrons. The number of esters is 1. The third-order valence-electron chi connectivity index (χ3n) is 3.92. The van der Waals surface area contributed by atoms with Crippen LogP contribution in [0.2, 0.25) is 0 Å². The minimum atomic E-state index is -0.735. The van der Waals surface area contributed by atoms with Crippen molar-refractivity contribution in [2.24, 2.45) is 11.1 Å². The Balaban J connectivity index is 3.23. The van der Waals surface area contributed by atoms with Gasteiger partial charge in [0.25, 0.3) is 0 Å². The van der Waals surface area contributed by atoms with Crippen molar-refractivity contribution in [2.75, 3.05) is 7.11 Å². The average Bonchev–Trinajstić information content (AvgIpc) is 2.34. The average molecular weight is 249 g/mol. The van der Waals surface area contributed by atoms with Crippen molar-refractivity contribution < 1.29 is 9.53 Å². The first-order chi connectivity index (χ1) is 8.23. The molecular weight excluding hydrogens is 226 g/mol. The van der Waals surface area contributed by atoms with Gasteiger partial charge in [-0.3, -0.25) is 4.79 Å². The maximum atomic E-state index is 11.8. The molecule has 0 aliphatic heterocycles. The van der Waals surface area contributed by atoms with Crippen molar-refractivity contribution in [3.63, 3.8) is 0 Å². The lowest BCUT2D eigenvalue weighted by molar-refractivity contribution is -0.152. The second-order valence-corrected chi connectivity index (χ2v) is 5.41. The quantitative estimate of drug-likeness (QED) is 0.838. The van der Waals surface area contributed by atoms with Crippen molar-refractivity contribution in [3.8, 4) is 0 Å². The molecule has 3 heteroatoms. The Bertz CT molecular complexity index is 464. The van der Waals surface area contributed by atoms with Crippen molar-refractivity contribution in [3.05, 3.63) is 34.4 Å². The molecule has 0 fully saturated rings. The molecule has 0 saturated heterocycles. The minimum Gasteiger partial charge on any atom is -0.469 e. The van der Waals surface area contributed by atoms with Crippen molar-refractivity contribution >= 4 is 5.97 Å². The van der Waals surface area contributed by atoms with Crippen LogP contribution >= 0.6 is 0 Å². The van der Waals surface area contributed by atoms with Gasteiger partial charge in [0.15, 0.2) is 0 Å². The summed E-state index contributed by atoms with van der Waals surface area (Å²) in [6.45, 7) is 9.83. The molecule has 1 rings (SSSR count). The van der Waals surface area contributed by atoms with E-state index in [1.54, 1.807) is 0 Å². The second kappa shape index (κ2) is 5.11. The molecule has 0 bridgehead atoms. The molecule has 0 aliphatic rings. The van der Waals surface area contributed by atoms with Gasteiger partial charge in [-0.2, -0.15) is 0 Å². The highest BCUT2D eigenvalue weighted by Gasteiger charge is 2.37. The summed E-state index contributed by atoms with van der Waals surface area (Å²) >= 11 is 0. The normalized spacial score (nSPS) is 13.3. The van der Waals surface area contributed by atoms with Gasteiger partial charge in [0, 0.05) is 6.04 Å². The van der Waals surface area contributed by atoms with Crippen LogP contribution in [0.4, 0.5) is 0 Å². The van der Waals surface area contributed by atoms with E-state index in [1.165, 1.54) is 18.2 Å². The predicted molar refractivity (Wildman–Crippen MR) is 73.4 cm³/mol. The number of methoxy groups -OCH3 is 1. The van der Waals surface area contributed by atoms with E-state index in [4.69, 9.17) is 10.5 Å². The fourth-order valence-corrected chi connectivity index (χ4v) is 2.09. The predicted octanol–water partition coefficient (Wildman–Crippen LogP) is 2.81. The van der Waals surface area contributed by atoms with Crippen LogP contribution in [-0.4, -0.2) is 13.1 Å². The minimum absolute atomic E-state index is 0.285. The van der Waals surface area contributed by atoms with Gasteiger partial charge in [0.1, 0.15) is 0 Å². The molecule has 1 atom stereocenters. The largest absolute Gasteiger partial charge is 0.469 e. The molecule has 100 valence electrons. The monoisotopic (exact) mass is 249 g/mol. The third-order valence-corrected chi connectivity index (χ3v) is 3.92. The summed E-state index contributed by atoms with van der Waals surface area (Å²) in [5, 5.41) is 0. The number of hydrogen-bond donors (Lipinski definition) is 1. The number of carbonyl (C=O) groups excluding carboxylic acids is 1. The Morgan fingerprint density at radius 2 is 1.78 bits per heavy atom. The summed E-state index contributed by atoms with van der Waals surface area (Å²) in [5.41, 5.74) is 10.2. The summed E-state index contributed by atoms with van der Waals surface area (Å²) in [7, 11) is 1.39. The smallest absolute Gasteiger partial charge is 0.313 e. The highest BCUT2D eigenvalue weighted by atomic mass is 16.5. The molecule has 0 heterocycles. The van der Waals surface area contributed by atoms with Crippen LogP contribution in [0.1, 0.15) is 42.1 Å². The first kappa shape index (κ1) is 14.7. The fraction of sp³-hybridized carbons (Fsp3) is 0.533. The lowest BCUT2D eigenvalue weighted by atomic mass is 9.78. The van der Waals surface area contributed by atoms with Gasteiger partial charge in [-0.25, -0.2) is 0 Å². The van der Waals surface area contributed by atoms with E-state index in [1.807, 2.05) is 32.9 Å². The molecule has 1 aromatic carbocycles. The Hall–Kier alpha value is -1.35. The zero-order chi connectivity index (χ0) is 14.1. The van der Waals surface area contributed by atoms with E-state index in [-0.39, 0.29) is 12.0 Å². The number of rotatable bonds is 3. The van der Waals surface area contributed by atoms with E-state index in [0.29, 0.717) is 0 Å². The molecule has 2 N–H and O–H groups in total. The van der Waals surface area contributed by atoms with E-state index < -0.39 is 5.41 Å². The lowest BCUT2D eigenvalue weighted by Crippen LogP contribution is -2.37. The molecule has 3 nitrogen and oxygen atoms in total. The molecule has 1 unspecified atom stereocenters. The number of benzene rings is 1. The molecule has 0 aromatic heterocycles. The maximum absolute atomic E-state index is 11.8. The van der Waals surface area contributed by atoms with E-state index in [0.717, 1.165) is 11.1 Å². The maximum Gasteiger partial charge on any atom is 0.313 e. The van der Waals surface area contributed by atoms with Gasteiger partial charge >= 0.3 is 5.97 Å². The summed E-state index contributed by atoms with van der Waals surface area (Å²) < 4.78 is 4.83. The van der Waals surface area contributed by atoms with Gasteiger partial charge < -0.3 is 10.5 Å². The first-order valence-electron chi connectivity index (χ1n) is 6.14. The Kier molecular flexibility index (Phi) is 4.17. The first-order valence-corrected chi connectivity index (χ1v) is 6.14. The highest BCUT2D eigenvalue weighted by molar-refractivity contribution is 5.77. The molecule has 18 heavy (non-hydrogen) atoms. The summed E-state index contributed by atoms with van der Waals surface area (Å²) in [6, 6.07) is 3.68. The summed E-state index contributed by atoms with van der Waals surface area (Å²) in [4.78, 5) is 11.8. The zero-order valence-electron chi connectivity index (χ0n) is 12.1. The van der Waals surface area contributed by atoms with Crippen LogP contribution in [0.5, 0.6) is 0 Å². The van der Waals surface area contributed by atoms with Gasteiger partial charge in [-0.05, 0) is 56.9 Å². The molecule has 0 saturated carbocycles. The number of nitrogens with two attached hydrogens (primary N) is 1. The van der Waals surface area contributed by atoms with E-state index >= 15 is 0 Å². The fourth-order valence-electron chi connectivity index (χ4n) is 2.09. The van der Waals surface area contributed by atoms with Crippen LogP contribution < -0.4 is 5.73 Å². The van der Waals surface area contributed by atoms with Gasteiger partial charge in [0.2, 0.25) is 0 Å². The van der Waals surface area contributed by atoms with Crippen molar-refractivity contribution in [1.82, 2.24) is 0 Å². The summed E-state index contributed by atoms with van der Waals surface area (Å²) in [6.07, 6.45) is 0. The SMILES string of the molecule is COC(=O)C(C)(C)C(N)c1ccc(C)c(C)c1C. The number of ether oxygens (including phenoxy) is 1. The molecule has 1 aromatic rings. The van der Waals surface area contributed by atoms with Crippen LogP contribution in [0.15, 0.2) is 12.1 Å². The third kappa shape index (κ3) is 2.41. The highest BCUT2D eigenvalue weighted by Crippen LogP contribution is 2.35.